The molecule has 218 valence electrons. The van der Waals surface area contributed by atoms with Crippen molar-refractivity contribution in [1.29, 1.82) is 0 Å². The molecule has 0 rings (SSSR count). The van der Waals surface area contributed by atoms with E-state index in [0.29, 0.717) is 0 Å². The van der Waals surface area contributed by atoms with Crippen LogP contribution in [-0.2, 0) is 18.4 Å². The fourth-order valence-corrected chi connectivity index (χ4v) is 7.06. The maximum absolute atomic E-state index is 14.3. The highest BCUT2D eigenvalue weighted by atomic mass is 28.4. The van der Waals surface area contributed by atoms with Crippen LogP contribution in [0.2, 0.25) is 36.3 Å². The van der Waals surface area contributed by atoms with Crippen molar-refractivity contribution >= 4 is 28.4 Å². The van der Waals surface area contributed by atoms with Crippen molar-refractivity contribution in [3.63, 3.8) is 0 Å². The van der Waals surface area contributed by atoms with Crippen molar-refractivity contribution in [2.75, 3.05) is 0 Å². The zero-order valence-electron chi connectivity index (χ0n) is 26.9. The molecule has 0 aliphatic carbocycles. The number of carboxylic acids is 1. The van der Waals surface area contributed by atoms with Gasteiger partial charge in [-0.3, -0.25) is 9.59 Å². The van der Waals surface area contributed by atoms with Crippen molar-refractivity contribution in [3.05, 3.63) is 12.2 Å². The maximum Gasteiger partial charge on any atom is 0.305 e. The minimum Gasteiger partial charge on any atom is -0.481 e. The van der Waals surface area contributed by atoms with Gasteiger partial charge in [0.2, 0.25) is 0 Å². The third-order valence-corrected chi connectivity index (χ3v) is 18.0. The van der Waals surface area contributed by atoms with Crippen molar-refractivity contribution in [1.82, 2.24) is 0 Å². The third-order valence-electron chi connectivity index (χ3n) is 9.01. The molecule has 7 heteroatoms. The molecular weight excluding hydrogens is 496 g/mol. The molecule has 0 aliphatic heterocycles. The van der Waals surface area contributed by atoms with Gasteiger partial charge in [0.1, 0.15) is 5.78 Å². The zero-order valence-corrected chi connectivity index (χ0v) is 28.9. The van der Waals surface area contributed by atoms with Crippen LogP contribution >= 0.6 is 0 Å². The number of Topliss-reactive ketones (excluding diaryl/α,β-unsaturated/α-hetero) is 1. The highest BCUT2D eigenvalue weighted by molar-refractivity contribution is 6.74. The van der Waals surface area contributed by atoms with E-state index in [0.717, 1.165) is 19.3 Å². The van der Waals surface area contributed by atoms with E-state index in [1.54, 1.807) is 0 Å². The van der Waals surface area contributed by atoms with E-state index in [2.05, 4.69) is 81.2 Å². The lowest BCUT2D eigenvalue weighted by Crippen LogP contribution is -2.54. The third kappa shape index (κ3) is 10.4. The number of carbonyl (C=O) groups is 2. The first-order valence-electron chi connectivity index (χ1n) is 14.0. The van der Waals surface area contributed by atoms with E-state index in [4.69, 9.17) is 8.85 Å². The number of hydrogen-bond donors (Lipinski definition) is 1. The van der Waals surface area contributed by atoms with Gasteiger partial charge in [-0.25, -0.2) is 0 Å². The largest absolute Gasteiger partial charge is 0.481 e. The summed E-state index contributed by atoms with van der Waals surface area (Å²) in [6, 6.07) is 0. The minimum absolute atomic E-state index is 0.0121. The van der Waals surface area contributed by atoms with Gasteiger partial charge >= 0.3 is 5.97 Å². The van der Waals surface area contributed by atoms with E-state index in [9.17, 15) is 14.7 Å². The Morgan fingerprint density at radius 2 is 1.30 bits per heavy atom. The number of hydrogen-bond acceptors (Lipinski definition) is 4. The number of carboxylic acid groups (broad SMARTS) is 1. The van der Waals surface area contributed by atoms with Gasteiger partial charge in [-0.1, -0.05) is 74.8 Å². The van der Waals surface area contributed by atoms with Gasteiger partial charge in [0, 0.05) is 11.3 Å². The van der Waals surface area contributed by atoms with Crippen LogP contribution in [0.3, 0.4) is 0 Å². The molecule has 0 saturated heterocycles. The van der Waals surface area contributed by atoms with Crippen LogP contribution in [0, 0.1) is 17.3 Å². The Labute approximate surface area is 231 Å². The van der Waals surface area contributed by atoms with Crippen LogP contribution < -0.4 is 0 Å². The highest BCUT2D eigenvalue weighted by Gasteiger charge is 2.49. The van der Waals surface area contributed by atoms with Crippen LogP contribution in [0.1, 0.15) is 102 Å². The maximum atomic E-state index is 14.3. The summed E-state index contributed by atoms with van der Waals surface area (Å²) in [5.74, 6) is -1.13. The molecule has 0 aromatic rings. The van der Waals surface area contributed by atoms with Gasteiger partial charge in [0.25, 0.3) is 0 Å². The summed E-state index contributed by atoms with van der Waals surface area (Å²) in [4.78, 5) is 26.1. The highest BCUT2D eigenvalue weighted by Crippen LogP contribution is 2.44. The molecule has 0 amide bonds. The van der Waals surface area contributed by atoms with Crippen molar-refractivity contribution < 1.29 is 23.5 Å². The second kappa shape index (κ2) is 13.1. The molecule has 37 heavy (non-hydrogen) atoms. The molecule has 0 radical (unpaired) electrons. The monoisotopic (exact) mass is 556 g/mol. The number of allylic oxidation sites excluding steroid dienone is 1. The van der Waals surface area contributed by atoms with Gasteiger partial charge in [-0.15, -0.1) is 6.58 Å². The normalized spacial score (nSPS) is 17.2. The second-order valence-electron chi connectivity index (χ2n) is 15.0. The summed E-state index contributed by atoms with van der Waals surface area (Å²) < 4.78 is 13.6. The lowest BCUT2D eigenvalue weighted by Gasteiger charge is -2.46. The first-order valence-corrected chi connectivity index (χ1v) is 19.9. The standard InChI is InChI=1S/C30H60O5Si2/c1-21(2)18-17-19-22(3)26(35-37(15,16)29(8,9)10)23(4)27(33)30(11,12)24(20-25(31)32)34-36(13,14)28(5,6)7/h22-24,26H,1,17-20H2,2-16H3,(H,31,32)/t22-,23+,24-,26-/m0/s1. The van der Waals surface area contributed by atoms with Crippen molar-refractivity contribution in [2.45, 2.75) is 150 Å². The summed E-state index contributed by atoms with van der Waals surface area (Å²) in [6.07, 6.45) is 1.79. The molecule has 0 heterocycles. The lowest BCUT2D eigenvalue weighted by atomic mass is 9.73. The Hall–Kier alpha value is -0.766. The molecule has 0 spiro atoms. The lowest BCUT2D eigenvalue weighted by molar-refractivity contribution is -0.146. The Morgan fingerprint density at radius 1 is 0.865 bits per heavy atom. The molecule has 0 aromatic carbocycles. The zero-order chi connectivity index (χ0) is 29.8. The van der Waals surface area contributed by atoms with Crippen molar-refractivity contribution in [2.24, 2.45) is 17.3 Å². The fraction of sp³-hybridized carbons (Fsp3) is 0.867. The van der Waals surface area contributed by atoms with Crippen LogP contribution in [0.4, 0.5) is 0 Å². The number of carbonyl (C=O) groups excluding carboxylic acids is 1. The second-order valence-corrected chi connectivity index (χ2v) is 24.5. The van der Waals surface area contributed by atoms with E-state index in [1.165, 1.54) is 5.57 Å². The molecule has 0 bridgehead atoms. The minimum atomic E-state index is -2.31. The summed E-state index contributed by atoms with van der Waals surface area (Å²) in [5.41, 5.74) is 0.193. The Bertz CT molecular complexity index is 787. The van der Waals surface area contributed by atoms with Crippen LogP contribution in [0.15, 0.2) is 12.2 Å². The molecule has 0 aromatic heterocycles. The Morgan fingerprint density at radius 3 is 1.68 bits per heavy atom. The Balaban J connectivity index is 6.33. The summed E-state index contributed by atoms with van der Waals surface area (Å²) >= 11 is 0. The van der Waals surface area contributed by atoms with E-state index >= 15 is 0 Å². The van der Waals surface area contributed by atoms with Crippen LogP contribution in [0.25, 0.3) is 0 Å². The molecule has 5 nitrogen and oxygen atoms in total. The predicted octanol–water partition coefficient (Wildman–Crippen LogP) is 8.86. The fourth-order valence-electron chi connectivity index (χ4n) is 4.15. The molecule has 0 fully saturated rings. The van der Waals surface area contributed by atoms with Gasteiger partial charge in [-0.05, 0) is 68.4 Å². The van der Waals surface area contributed by atoms with Gasteiger partial charge in [0.15, 0.2) is 16.6 Å². The quantitative estimate of drug-likeness (QED) is 0.161. The van der Waals surface area contributed by atoms with E-state index < -0.39 is 34.1 Å². The molecular formula is C30H60O5Si2. The number of aliphatic carboxylic acids is 1. The van der Waals surface area contributed by atoms with Gasteiger partial charge in [0.05, 0.1) is 18.6 Å². The molecule has 4 atom stereocenters. The number of ketones is 1. The van der Waals surface area contributed by atoms with E-state index in [1.807, 2.05) is 27.7 Å². The number of rotatable bonds is 15. The molecule has 0 saturated carbocycles. The first kappa shape index (κ1) is 36.2. The van der Waals surface area contributed by atoms with Crippen molar-refractivity contribution in [3.8, 4) is 0 Å². The van der Waals surface area contributed by atoms with Gasteiger partial charge < -0.3 is 14.0 Å². The average Bonchev–Trinajstić information content (AvgIpc) is 2.67. The Kier molecular flexibility index (Phi) is 12.8. The van der Waals surface area contributed by atoms with Crippen LogP contribution in [-0.4, -0.2) is 45.7 Å². The molecule has 1 N–H and O–H groups in total. The average molecular weight is 557 g/mol. The molecule has 0 aliphatic rings. The van der Waals surface area contributed by atoms with E-state index in [-0.39, 0.29) is 40.2 Å². The molecule has 0 unspecified atom stereocenters. The summed E-state index contributed by atoms with van der Waals surface area (Å²) in [5, 5.41) is 9.66. The summed E-state index contributed by atoms with van der Waals surface area (Å²) in [6.45, 7) is 35.7. The first-order chi connectivity index (χ1) is 16.3. The smallest absolute Gasteiger partial charge is 0.305 e. The SMILES string of the molecule is C=C(C)CCC[C@H](C)[C@H](O[Si](C)(C)C(C)(C)C)[C@@H](C)C(=O)C(C)(C)[C@H](CC(=O)O)O[Si](C)(C)C(C)(C)C. The predicted molar refractivity (Wildman–Crippen MR) is 162 cm³/mol. The topological polar surface area (TPSA) is 72.8 Å². The summed E-state index contributed by atoms with van der Waals surface area (Å²) in [7, 11) is -4.48. The van der Waals surface area contributed by atoms with Gasteiger partial charge in [-0.2, -0.15) is 0 Å². The van der Waals surface area contributed by atoms with Crippen LogP contribution in [0.5, 0.6) is 0 Å².